The first-order valence-corrected chi connectivity index (χ1v) is 9.68. The Hall–Kier alpha value is -3.02. The van der Waals surface area contributed by atoms with Gasteiger partial charge in [-0.3, -0.25) is 9.69 Å². The Kier molecular flexibility index (Phi) is 5.19. The van der Waals surface area contributed by atoms with Gasteiger partial charge in [-0.1, -0.05) is 30.3 Å². The van der Waals surface area contributed by atoms with Crippen molar-refractivity contribution in [3.63, 3.8) is 0 Å². The van der Waals surface area contributed by atoms with Crippen molar-refractivity contribution in [2.75, 3.05) is 13.1 Å². The normalized spacial score (nSPS) is 23.4. The number of furan rings is 1. The van der Waals surface area contributed by atoms with Crippen LogP contribution in [0, 0.1) is 0 Å². The average Bonchev–Trinajstić information content (AvgIpc) is 3.35. The van der Waals surface area contributed by atoms with Crippen LogP contribution in [0.5, 0.6) is 0 Å². The first-order chi connectivity index (χ1) is 13.6. The third-order valence-electron chi connectivity index (χ3n) is 5.55. The van der Waals surface area contributed by atoms with Crippen LogP contribution in [0.25, 0.3) is 6.08 Å². The largest absolute Gasteiger partial charge is 0.465 e. The van der Waals surface area contributed by atoms with Crippen molar-refractivity contribution >= 4 is 18.1 Å². The van der Waals surface area contributed by atoms with Gasteiger partial charge in [0.1, 0.15) is 11.9 Å². The molecule has 0 N–H and O–H groups in total. The van der Waals surface area contributed by atoms with E-state index >= 15 is 0 Å². The summed E-state index contributed by atoms with van der Waals surface area (Å²) in [6.07, 6.45) is 5.79. The van der Waals surface area contributed by atoms with Gasteiger partial charge >= 0.3 is 6.09 Å². The summed E-state index contributed by atoms with van der Waals surface area (Å²) in [5.41, 5.74) is 1.02. The van der Waals surface area contributed by atoms with Crippen molar-refractivity contribution in [3.05, 3.63) is 66.1 Å². The summed E-state index contributed by atoms with van der Waals surface area (Å²) in [4.78, 5) is 28.6. The minimum atomic E-state index is -0.260. The highest BCUT2D eigenvalue weighted by Crippen LogP contribution is 2.35. The molecule has 146 valence electrons. The number of hydrogen-bond donors (Lipinski definition) is 0. The molecule has 2 amide bonds. The van der Waals surface area contributed by atoms with E-state index < -0.39 is 0 Å². The predicted molar refractivity (Wildman–Crippen MR) is 104 cm³/mol. The number of likely N-dealkylation sites (tertiary alicyclic amines) is 1. The zero-order chi connectivity index (χ0) is 19.5. The Morgan fingerprint density at radius 1 is 1.11 bits per heavy atom. The molecular formula is C22H24N2O4. The van der Waals surface area contributed by atoms with E-state index in [1.807, 2.05) is 47.1 Å². The summed E-state index contributed by atoms with van der Waals surface area (Å²) in [6.45, 7) is 3.28. The molecule has 0 radical (unpaired) electrons. The molecule has 28 heavy (non-hydrogen) atoms. The number of ether oxygens (including phenoxy) is 1. The first-order valence-electron chi connectivity index (χ1n) is 9.68. The molecule has 4 rings (SSSR count). The number of carbonyl (C=O) groups is 2. The van der Waals surface area contributed by atoms with Crippen molar-refractivity contribution in [2.24, 2.45) is 0 Å². The topological polar surface area (TPSA) is 63.0 Å². The SMILES string of the molecule is C[C@H]1[C@@H](c2ccccc2)OC(=O)N1C1CCN(C(=O)/C=C/c2ccco2)CC1. The van der Waals surface area contributed by atoms with E-state index in [-0.39, 0.29) is 30.2 Å². The van der Waals surface area contributed by atoms with E-state index in [2.05, 4.69) is 0 Å². The Balaban J connectivity index is 1.35. The lowest BCUT2D eigenvalue weighted by atomic mass is 9.98. The van der Waals surface area contributed by atoms with Gasteiger partial charge in [-0.05, 0) is 43.5 Å². The van der Waals surface area contributed by atoms with E-state index in [0.29, 0.717) is 18.8 Å². The van der Waals surface area contributed by atoms with E-state index in [9.17, 15) is 9.59 Å². The molecular weight excluding hydrogens is 356 g/mol. The number of hydrogen-bond acceptors (Lipinski definition) is 4. The van der Waals surface area contributed by atoms with Crippen LogP contribution in [0.2, 0.25) is 0 Å². The van der Waals surface area contributed by atoms with E-state index in [0.717, 1.165) is 18.4 Å². The smallest absolute Gasteiger partial charge is 0.411 e. The molecule has 6 nitrogen and oxygen atoms in total. The molecule has 2 saturated heterocycles. The molecule has 1 aromatic heterocycles. The fraction of sp³-hybridized carbons (Fsp3) is 0.364. The van der Waals surface area contributed by atoms with Crippen LogP contribution in [0.4, 0.5) is 4.79 Å². The molecule has 0 bridgehead atoms. The fourth-order valence-corrected chi connectivity index (χ4v) is 4.06. The second-order valence-corrected chi connectivity index (χ2v) is 7.27. The van der Waals surface area contributed by atoms with Gasteiger partial charge < -0.3 is 14.1 Å². The Labute approximate surface area is 164 Å². The molecule has 0 spiro atoms. The molecule has 0 aliphatic carbocycles. The van der Waals surface area contributed by atoms with Crippen LogP contribution < -0.4 is 0 Å². The maximum atomic E-state index is 12.5. The number of piperidine rings is 1. The standard InChI is InChI=1S/C22H24N2O4/c1-16-21(17-6-3-2-4-7-17)28-22(26)24(16)18-11-13-23(14-12-18)20(25)10-9-19-8-5-15-27-19/h2-10,15-16,18,21H,11-14H2,1H3/b10-9+/t16-,21-/m0/s1. The van der Waals surface area contributed by atoms with E-state index in [1.165, 1.54) is 6.08 Å². The van der Waals surface area contributed by atoms with E-state index in [1.54, 1.807) is 24.5 Å². The van der Waals surface area contributed by atoms with Gasteiger partial charge in [0, 0.05) is 25.2 Å². The fourth-order valence-electron chi connectivity index (χ4n) is 4.06. The molecule has 2 aliphatic heterocycles. The van der Waals surface area contributed by atoms with Crippen molar-refractivity contribution in [2.45, 2.75) is 38.0 Å². The summed E-state index contributed by atoms with van der Waals surface area (Å²) in [5, 5.41) is 0. The average molecular weight is 380 g/mol. The lowest BCUT2D eigenvalue weighted by molar-refractivity contribution is -0.127. The zero-order valence-electron chi connectivity index (χ0n) is 15.9. The zero-order valence-corrected chi connectivity index (χ0v) is 15.9. The summed E-state index contributed by atoms with van der Waals surface area (Å²) in [5.74, 6) is 0.623. The number of rotatable bonds is 4. The van der Waals surface area contributed by atoms with Crippen molar-refractivity contribution in [1.82, 2.24) is 9.80 Å². The lowest BCUT2D eigenvalue weighted by Gasteiger charge is -2.37. The Morgan fingerprint density at radius 3 is 2.54 bits per heavy atom. The van der Waals surface area contributed by atoms with Gasteiger partial charge in [-0.25, -0.2) is 4.79 Å². The van der Waals surface area contributed by atoms with Crippen molar-refractivity contribution in [3.8, 4) is 0 Å². The maximum Gasteiger partial charge on any atom is 0.411 e. The number of cyclic esters (lactones) is 1. The maximum absolute atomic E-state index is 12.5. The number of amides is 2. The number of benzene rings is 1. The first kappa shape index (κ1) is 18.3. The van der Waals surface area contributed by atoms with Crippen LogP contribution in [0.1, 0.15) is 37.2 Å². The highest BCUT2D eigenvalue weighted by molar-refractivity contribution is 5.91. The molecule has 0 saturated carbocycles. The second-order valence-electron chi connectivity index (χ2n) is 7.27. The molecule has 2 atom stereocenters. The predicted octanol–water partition coefficient (Wildman–Crippen LogP) is 3.87. The summed E-state index contributed by atoms with van der Waals surface area (Å²) >= 11 is 0. The van der Waals surface area contributed by atoms with Gasteiger partial charge in [-0.2, -0.15) is 0 Å². The molecule has 0 unspecified atom stereocenters. The number of carbonyl (C=O) groups excluding carboxylic acids is 2. The lowest BCUT2D eigenvalue weighted by Crippen LogP contribution is -2.49. The van der Waals surface area contributed by atoms with Crippen LogP contribution in [0.15, 0.2) is 59.2 Å². The number of nitrogens with zero attached hydrogens (tertiary/aromatic N) is 2. The third-order valence-corrected chi connectivity index (χ3v) is 5.55. The molecule has 2 aromatic rings. The third kappa shape index (κ3) is 3.67. The molecule has 6 heteroatoms. The van der Waals surface area contributed by atoms with Crippen LogP contribution in [-0.2, 0) is 9.53 Å². The van der Waals surface area contributed by atoms with Gasteiger partial charge in [0.05, 0.1) is 12.3 Å². The van der Waals surface area contributed by atoms with Gasteiger partial charge in [-0.15, -0.1) is 0 Å². The Bertz CT molecular complexity index is 839. The Morgan fingerprint density at radius 2 is 1.86 bits per heavy atom. The van der Waals surface area contributed by atoms with Crippen LogP contribution in [0.3, 0.4) is 0 Å². The quantitative estimate of drug-likeness (QED) is 0.756. The molecule has 2 aliphatic rings. The highest BCUT2D eigenvalue weighted by Gasteiger charge is 2.44. The van der Waals surface area contributed by atoms with Gasteiger partial charge in [0.15, 0.2) is 0 Å². The second kappa shape index (κ2) is 7.92. The monoisotopic (exact) mass is 380 g/mol. The minimum absolute atomic E-state index is 0.0269. The summed E-state index contributed by atoms with van der Waals surface area (Å²) in [7, 11) is 0. The van der Waals surface area contributed by atoms with Crippen molar-refractivity contribution in [1.29, 1.82) is 0 Å². The summed E-state index contributed by atoms with van der Waals surface area (Å²) in [6, 6.07) is 13.5. The summed E-state index contributed by atoms with van der Waals surface area (Å²) < 4.78 is 10.9. The minimum Gasteiger partial charge on any atom is -0.465 e. The van der Waals surface area contributed by atoms with Crippen molar-refractivity contribution < 1.29 is 18.7 Å². The molecule has 1 aromatic carbocycles. The molecule has 2 fully saturated rings. The van der Waals surface area contributed by atoms with Gasteiger partial charge in [0.25, 0.3) is 0 Å². The van der Waals surface area contributed by atoms with Gasteiger partial charge in [0.2, 0.25) is 5.91 Å². The highest BCUT2D eigenvalue weighted by atomic mass is 16.6. The van der Waals surface area contributed by atoms with Crippen LogP contribution >= 0.6 is 0 Å². The van der Waals surface area contributed by atoms with E-state index in [4.69, 9.17) is 9.15 Å². The van der Waals surface area contributed by atoms with Crippen LogP contribution in [-0.4, -0.2) is 47.0 Å². The molecule has 3 heterocycles.